The second kappa shape index (κ2) is 2.74. The molecule has 8 heavy (non-hydrogen) atoms. The quantitative estimate of drug-likeness (QED) is 0.622. The van der Waals surface area contributed by atoms with Crippen LogP contribution in [-0.4, -0.2) is 16.6 Å². The Balaban J connectivity index is 2.50. The maximum absolute atomic E-state index is 3.69. The Morgan fingerprint density at radius 2 is 2.75 bits per heavy atom. The third-order valence-electron chi connectivity index (χ3n) is 0.758. The zero-order valence-corrected chi connectivity index (χ0v) is 5.40. The van der Waals surface area contributed by atoms with Gasteiger partial charge in [0, 0.05) is 6.54 Å². The van der Waals surface area contributed by atoms with Crippen LogP contribution in [0.25, 0.3) is 0 Å². The van der Waals surface area contributed by atoms with Crippen molar-refractivity contribution < 1.29 is 0 Å². The van der Waals surface area contributed by atoms with Gasteiger partial charge in [-0.15, -0.1) is 5.10 Å². The molecular weight excluding hydrogens is 122 g/mol. The highest BCUT2D eigenvalue weighted by Gasteiger charge is 1.89. The van der Waals surface area contributed by atoms with Gasteiger partial charge in [-0.1, -0.05) is 4.49 Å². The number of hydrogen-bond donors (Lipinski definition) is 1. The van der Waals surface area contributed by atoms with E-state index in [9.17, 15) is 0 Å². The molecule has 0 unspecified atom stereocenters. The summed E-state index contributed by atoms with van der Waals surface area (Å²) in [5.41, 5.74) is 0. The van der Waals surface area contributed by atoms with E-state index in [1.165, 1.54) is 16.4 Å². The van der Waals surface area contributed by atoms with Crippen molar-refractivity contribution in [2.75, 3.05) is 7.05 Å². The zero-order chi connectivity index (χ0) is 5.82. The molecule has 0 atom stereocenters. The van der Waals surface area contributed by atoms with E-state index in [0.29, 0.717) is 0 Å². The number of nitrogens with zero attached hydrogens (tertiary/aromatic N) is 2. The first-order valence-electron chi connectivity index (χ1n) is 2.34. The molecule has 0 bridgehead atoms. The van der Waals surface area contributed by atoms with Gasteiger partial charge >= 0.3 is 0 Å². The van der Waals surface area contributed by atoms with Crippen LogP contribution >= 0.6 is 11.5 Å². The lowest BCUT2D eigenvalue weighted by molar-refractivity contribution is 0.829. The average molecular weight is 129 g/mol. The van der Waals surface area contributed by atoms with Crippen molar-refractivity contribution in [1.29, 1.82) is 0 Å². The molecule has 44 valence electrons. The second-order valence-corrected chi connectivity index (χ2v) is 2.28. The Hall–Kier alpha value is -0.480. The average Bonchev–Trinajstić information content (AvgIpc) is 2.19. The van der Waals surface area contributed by atoms with Crippen LogP contribution in [0.2, 0.25) is 0 Å². The van der Waals surface area contributed by atoms with Crippen LogP contribution < -0.4 is 5.32 Å². The minimum atomic E-state index is 0.873. The molecule has 1 aromatic rings. The van der Waals surface area contributed by atoms with E-state index in [1.807, 2.05) is 7.05 Å². The van der Waals surface area contributed by atoms with Crippen molar-refractivity contribution in [2.24, 2.45) is 0 Å². The fourth-order valence-electron chi connectivity index (χ4n) is 0.440. The molecule has 0 saturated carbocycles. The fourth-order valence-corrected chi connectivity index (χ4v) is 0.942. The van der Waals surface area contributed by atoms with Gasteiger partial charge in [-0.25, -0.2) is 0 Å². The maximum Gasteiger partial charge on any atom is 0.0666 e. The van der Waals surface area contributed by atoms with Crippen molar-refractivity contribution in [2.45, 2.75) is 6.54 Å². The number of aromatic nitrogens is 2. The Kier molecular flexibility index (Phi) is 1.93. The summed E-state index contributed by atoms with van der Waals surface area (Å²) in [7, 11) is 1.90. The molecular formula is C4H7N3S. The van der Waals surface area contributed by atoms with Crippen LogP contribution in [-0.2, 0) is 6.54 Å². The summed E-state index contributed by atoms with van der Waals surface area (Å²) >= 11 is 1.42. The monoisotopic (exact) mass is 129 g/mol. The van der Waals surface area contributed by atoms with Gasteiger partial charge in [0.2, 0.25) is 0 Å². The van der Waals surface area contributed by atoms with Gasteiger partial charge in [0.1, 0.15) is 0 Å². The molecule has 0 saturated heterocycles. The molecule has 0 radical (unpaired) electrons. The SMILES string of the molecule is CNCc1cnns1. The topological polar surface area (TPSA) is 37.8 Å². The minimum Gasteiger partial charge on any atom is -0.315 e. The Morgan fingerprint density at radius 3 is 3.25 bits per heavy atom. The lowest BCUT2D eigenvalue weighted by Gasteiger charge is -1.86. The Labute approximate surface area is 51.9 Å². The highest BCUT2D eigenvalue weighted by molar-refractivity contribution is 7.05. The van der Waals surface area contributed by atoms with Crippen molar-refractivity contribution in [3.63, 3.8) is 0 Å². The van der Waals surface area contributed by atoms with E-state index in [2.05, 4.69) is 14.9 Å². The first kappa shape index (κ1) is 5.65. The van der Waals surface area contributed by atoms with Gasteiger partial charge in [-0.2, -0.15) is 0 Å². The molecule has 0 aliphatic carbocycles. The first-order chi connectivity index (χ1) is 3.93. The molecule has 0 aliphatic heterocycles. The first-order valence-corrected chi connectivity index (χ1v) is 3.11. The summed E-state index contributed by atoms with van der Waals surface area (Å²) in [5.74, 6) is 0. The number of nitrogens with one attached hydrogen (secondary N) is 1. The van der Waals surface area contributed by atoms with Gasteiger partial charge in [-0.3, -0.25) is 0 Å². The summed E-state index contributed by atoms with van der Waals surface area (Å²) in [6.45, 7) is 0.873. The van der Waals surface area contributed by atoms with E-state index < -0.39 is 0 Å². The zero-order valence-electron chi connectivity index (χ0n) is 4.59. The Morgan fingerprint density at radius 1 is 1.88 bits per heavy atom. The highest BCUT2D eigenvalue weighted by Crippen LogP contribution is 1.98. The van der Waals surface area contributed by atoms with Gasteiger partial charge in [-0.05, 0) is 18.6 Å². The minimum absolute atomic E-state index is 0.873. The third-order valence-corrected chi connectivity index (χ3v) is 1.42. The summed E-state index contributed by atoms with van der Waals surface area (Å²) in [6, 6.07) is 0. The molecule has 1 aromatic heterocycles. The maximum atomic E-state index is 3.69. The fraction of sp³-hybridized carbons (Fsp3) is 0.500. The van der Waals surface area contributed by atoms with Crippen LogP contribution in [0.4, 0.5) is 0 Å². The van der Waals surface area contributed by atoms with Crippen LogP contribution in [0.1, 0.15) is 4.88 Å². The number of rotatable bonds is 2. The van der Waals surface area contributed by atoms with E-state index in [1.54, 1.807) is 6.20 Å². The van der Waals surface area contributed by atoms with Gasteiger partial charge in [0.25, 0.3) is 0 Å². The van der Waals surface area contributed by atoms with Crippen LogP contribution in [0.3, 0.4) is 0 Å². The lowest BCUT2D eigenvalue weighted by Crippen LogP contribution is -2.02. The van der Waals surface area contributed by atoms with Crippen LogP contribution in [0.5, 0.6) is 0 Å². The Bertz CT molecular complexity index is 137. The van der Waals surface area contributed by atoms with Gasteiger partial charge in [0.15, 0.2) is 0 Å². The van der Waals surface area contributed by atoms with Crippen molar-refractivity contribution in [3.05, 3.63) is 11.1 Å². The van der Waals surface area contributed by atoms with E-state index in [-0.39, 0.29) is 0 Å². The van der Waals surface area contributed by atoms with E-state index in [0.717, 1.165) is 6.54 Å². The third kappa shape index (κ3) is 1.24. The predicted molar refractivity (Wildman–Crippen MR) is 32.7 cm³/mol. The molecule has 0 spiro atoms. The standard InChI is InChI=1S/C4H7N3S/c1-5-2-4-3-6-7-8-4/h3,5H,2H2,1H3. The van der Waals surface area contributed by atoms with E-state index in [4.69, 9.17) is 0 Å². The molecule has 0 fully saturated rings. The highest BCUT2D eigenvalue weighted by atomic mass is 32.1. The summed E-state index contributed by atoms with van der Waals surface area (Å²) < 4.78 is 3.69. The van der Waals surface area contributed by atoms with Crippen LogP contribution in [0, 0.1) is 0 Å². The molecule has 1 rings (SSSR count). The van der Waals surface area contributed by atoms with Gasteiger partial charge in [0.05, 0.1) is 11.1 Å². The summed E-state index contributed by atoms with van der Waals surface area (Å²) in [6.07, 6.45) is 1.77. The molecule has 0 aliphatic rings. The summed E-state index contributed by atoms with van der Waals surface area (Å²) in [5, 5.41) is 6.67. The molecule has 0 amide bonds. The molecule has 4 heteroatoms. The molecule has 1 heterocycles. The smallest absolute Gasteiger partial charge is 0.0666 e. The van der Waals surface area contributed by atoms with Crippen molar-refractivity contribution in [1.82, 2.24) is 14.9 Å². The molecule has 3 nitrogen and oxygen atoms in total. The molecule has 1 N–H and O–H groups in total. The van der Waals surface area contributed by atoms with Crippen molar-refractivity contribution in [3.8, 4) is 0 Å². The molecule has 0 aromatic carbocycles. The lowest BCUT2D eigenvalue weighted by atomic mass is 10.5. The summed E-state index contributed by atoms with van der Waals surface area (Å²) in [4.78, 5) is 1.17. The normalized spacial score (nSPS) is 9.62. The number of hydrogen-bond acceptors (Lipinski definition) is 4. The van der Waals surface area contributed by atoms with E-state index >= 15 is 0 Å². The predicted octanol–water partition coefficient (Wildman–Crippen LogP) is 0.258. The second-order valence-electron chi connectivity index (χ2n) is 1.41. The van der Waals surface area contributed by atoms with Gasteiger partial charge < -0.3 is 5.32 Å². The van der Waals surface area contributed by atoms with Crippen molar-refractivity contribution >= 4 is 11.5 Å². The van der Waals surface area contributed by atoms with Crippen LogP contribution in [0.15, 0.2) is 6.20 Å². The largest absolute Gasteiger partial charge is 0.315 e.